The minimum atomic E-state index is -0.361. The van der Waals surface area contributed by atoms with Gasteiger partial charge in [-0.2, -0.15) is 0 Å². The molecular weight excluding hydrogens is 236 g/mol. The molecule has 7 heteroatoms. The summed E-state index contributed by atoms with van der Waals surface area (Å²) in [5.41, 5.74) is 0.526. The van der Waals surface area contributed by atoms with Gasteiger partial charge >= 0.3 is 0 Å². The highest BCUT2D eigenvalue weighted by Crippen LogP contribution is 1.95. The average Bonchev–Trinajstić information content (AvgIpc) is 2.85. The topological polar surface area (TPSA) is 90.0 Å². The van der Waals surface area contributed by atoms with Gasteiger partial charge in [0.05, 0.1) is 12.5 Å². The van der Waals surface area contributed by atoms with Crippen LogP contribution in [-0.2, 0) is 6.54 Å². The van der Waals surface area contributed by atoms with Gasteiger partial charge in [0.15, 0.2) is 0 Å². The minimum absolute atomic E-state index is 0.142. The van der Waals surface area contributed by atoms with E-state index in [1.807, 2.05) is 0 Å². The van der Waals surface area contributed by atoms with E-state index in [4.69, 9.17) is 4.52 Å². The Labute approximate surface area is 102 Å². The summed E-state index contributed by atoms with van der Waals surface area (Å²) in [7, 11) is 0. The number of carbonyl (C=O) groups is 1. The molecule has 1 amide bonds. The zero-order valence-corrected chi connectivity index (χ0v) is 9.79. The summed E-state index contributed by atoms with van der Waals surface area (Å²) in [6, 6.07) is 2.91. The van der Waals surface area contributed by atoms with E-state index in [9.17, 15) is 9.59 Å². The maximum Gasteiger partial charge on any atom is 0.289 e. The van der Waals surface area contributed by atoms with E-state index >= 15 is 0 Å². The van der Waals surface area contributed by atoms with Crippen molar-refractivity contribution in [2.24, 2.45) is 0 Å². The summed E-state index contributed by atoms with van der Waals surface area (Å²) >= 11 is 0. The van der Waals surface area contributed by atoms with E-state index in [0.29, 0.717) is 18.8 Å². The molecule has 2 rings (SSSR count). The highest BCUT2D eigenvalue weighted by molar-refractivity contribution is 5.91. The van der Waals surface area contributed by atoms with Crippen molar-refractivity contribution in [1.29, 1.82) is 0 Å². The third kappa shape index (κ3) is 2.82. The normalized spacial score (nSPS) is 10.3. The lowest BCUT2D eigenvalue weighted by atomic mass is 10.4. The molecule has 0 fully saturated rings. The van der Waals surface area contributed by atoms with Gasteiger partial charge in [0.25, 0.3) is 11.5 Å². The second-order valence-corrected chi connectivity index (χ2v) is 3.69. The van der Waals surface area contributed by atoms with Gasteiger partial charge in [-0.3, -0.25) is 14.2 Å². The number of nitrogens with one attached hydrogen (secondary N) is 1. The highest BCUT2D eigenvalue weighted by atomic mass is 16.5. The quantitative estimate of drug-likeness (QED) is 0.820. The molecule has 0 saturated carbocycles. The first-order chi connectivity index (χ1) is 8.66. The summed E-state index contributed by atoms with van der Waals surface area (Å²) < 4.78 is 6.12. The molecule has 1 N–H and O–H groups in total. The largest absolute Gasteiger partial charge is 0.351 e. The Morgan fingerprint density at radius 1 is 1.56 bits per heavy atom. The van der Waals surface area contributed by atoms with E-state index in [0.717, 1.165) is 0 Å². The van der Waals surface area contributed by atoms with Crippen molar-refractivity contribution in [2.75, 3.05) is 6.54 Å². The Balaban J connectivity index is 1.89. The van der Waals surface area contributed by atoms with E-state index in [-0.39, 0.29) is 17.2 Å². The number of aryl methyl sites for hydroxylation is 1. The maximum atomic E-state index is 11.5. The van der Waals surface area contributed by atoms with Crippen LogP contribution in [0.5, 0.6) is 0 Å². The summed E-state index contributed by atoms with van der Waals surface area (Å²) in [6.07, 6.45) is 2.85. The van der Waals surface area contributed by atoms with Gasteiger partial charge in [0, 0.05) is 30.9 Å². The van der Waals surface area contributed by atoms with Crippen molar-refractivity contribution < 1.29 is 9.32 Å². The molecule has 0 aliphatic heterocycles. The number of hydrogen-bond donors (Lipinski definition) is 1. The molecule has 0 spiro atoms. The number of hydrogen-bond acceptors (Lipinski definition) is 5. The van der Waals surface area contributed by atoms with Crippen molar-refractivity contribution in [2.45, 2.75) is 13.5 Å². The number of nitrogens with zero attached hydrogens (tertiary/aromatic N) is 3. The molecule has 0 unspecified atom stereocenters. The molecule has 7 nitrogen and oxygen atoms in total. The highest BCUT2D eigenvalue weighted by Gasteiger charge is 2.08. The van der Waals surface area contributed by atoms with Gasteiger partial charge in [-0.1, -0.05) is 5.16 Å². The fourth-order valence-corrected chi connectivity index (χ4v) is 1.39. The second kappa shape index (κ2) is 5.26. The molecule has 18 heavy (non-hydrogen) atoms. The summed E-state index contributed by atoms with van der Waals surface area (Å²) in [5.74, 6) is -0.218. The number of rotatable bonds is 4. The predicted octanol–water partition coefficient (Wildman–Crippen LogP) is -0.0303. The molecule has 0 aromatic carbocycles. The monoisotopic (exact) mass is 248 g/mol. The predicted molar refractivity (Wildman–Crippen MR) is 62.1 cm³/mol. The van der Waals surface area contributed by atoms with Crippen molar-refractivity contribution in [1.82, 2.24) is 20.0 Å². The van der Waals surface area contributed by atoms with Crippen LogP contribution in [0.15, 0.2) is 34.0 Å². The molecule has 94 valence electrons. The fraction of sp³-hybridized carbons (Fsp3) is 0.273. The number of amides is 1. The molecular formula is C11H12N4O3. The Morgan fingerprint density at radius 3 is 3.06 bits per heavy atom. The molecule has 0 aliphatic carbocycles. The Hall–Kier alpha value is -2.44. The minimum Gasteiger partial charge on any atom is -0.351 e. The van der Waals surface area contributed by atoms with Gasteiger partial charge in [-0.25, -0.2) is 4.98 Å². The van der Waals surface area contributed by atoms with Crippen LogP contribution in [0.1, 0.15) is 16.2 Å². The molecule has 2 heterocycles. The molecule has 2 aromatic heterocycles. The lowest BCUT2D eigenvalue weighted by molar-refractivity contribution is 0.0915. The van der Waals surface area contributed by atoms with Gasteiger partial charge in [-0.05, 0) is 6.92 Å². The van der Waals surface area contributed by atoms with E-state index in [2.05, 4.69) is 15.5 Å². The zero-order chi connectivity index (χ0) is 13.0. The average molecular weight is 248 g/mol. The lowest BCUT2D eigenvalue weighted by Crippen LogP contribution is -2.30. The van der Waals surface area contributed by atoms with Crippen molar-refractivity contribution in [3.05, 3.63) is 46.5 Å². The molecule has 0 atom stereocenters. The SMILES string of the molecule is Cc1cc(=O)n(CCNC(=O)c2ccno2)cn1. The summed E-state index contributed by atoms with van der Waals surface area (Å²) in [4.78, 5) is 27.0. The number of carbonyl (C=O) groups excluding carboxylic acids is 1. The second-order valence-electron chi connectivity index (χ2n) is 3.69. The van der Waals surface area contributed by atoms with Crippen LogP contribution in [-0.4, -0.2) is 27.2 Å². The first-order valence-corrected chi connectivity index (χ1v) is 5.39. The molecule has 0 saturated heterocycles. The van der Waals surface area contributed by atoms with Crippen LogP contribution in [0, 0.1) is 6.92 Å². The molecule has 0 radical (unpaired) electrons. The molecule has 0 aliphatic rings. The van der Waals surface area contributed by atoms with Crippen LogP contribution in [0.25, 0.3) is 0 Å². The van der Waals surface area contributed by atoms with Crippen LogP contribution >= 0.6 is 0 Å². The van der Waals surface area contributed by atoms with Gasteiger partial charge < -0.3 is 9.84 Å². The van der Waals surface area contributed by atoms with E-state index in [1.54, 1.807) is 6.92 Å². The van der Waals surface area contributed by atoms with Gasteiger partial charge in [0.2, 0.25) is 5.76 Å². The summed E-state index contributed by atoms with van der Waals surface area (Å²) in [5, 5.41) is 6.05. The van der Waals surface area contributed by atoms with E-state index < -0.39 is 0 Å². The Bertz CT molecular complexity index is 589. The van der Waals surface area contributed by atoms with Crippen LogP contribution < -0.4 is 10.9 Å². The van der Waals surface area contributed by atoms with Crippen molar-refractivity contribution in [3.8, 4) is 0 Å². The number of aromatic nitrogens is 3. The standard InChI is InChI=1S/C11H12N4O3/c1-8-6-10(16)15(7-13-8)5-4-12-11(17)9-2-3-14-18-9/h2-3,6-7H,4-5H2,1H3,(H,12,17). The Morgan fingerprint density at radius 2 is 2.39 bits per heavy atom. The summed E-state index contributed by atoms with van der Waals surface area (Å²) in [6.45, 7) is 2.41. The van der Waals surface area contributed by atoms with Crippen LogP contribution in [0.4, 0.5) is 0 Å². The van der Waals surface area contributed by atoms with E-state index in [1.165, 1.54) is 29.2 Å². The third-order valence-corrected chi connectivity index (χ3v) is 2.32. The first-order valence-electron chi connectivity index (χ1n) is 5.39. The Kier molecular flexibility index (Phi) is 3.52. The van der Waals surface area contributed by atoms with Crippen molar-refractivity contribution in [3.63, 3.8) is 0 Å². The zero-order valence-electron chi connectivity index (χ0n) is 9.79. The smallest absolute Gasteiger partial charge is 0.289 e. The van der Waals surface area contributed by atoms with Crippen LogP contribution in [0.2, 0.25) is 0 Å². The van der Waals surface area contributed by atoms with Gasteiger partial charge in [-0.15, -0.1) is 0 Å². The lowest BCUT2D eigenvalue weighted by Gasteiger charge is -2.05. The molecule has 0 bridgehead atoms. The first kappa shape index (κ1) is 12.0. The molecule has 2 aromatic rings. The fourth-order valence-electron chi connectivity index (χ4n) is 1.39. The van der Waals surface area contributed by atoms with Gasteiger partial charge in [0.1, 0.15) is 0 Å². The maximum absolute atomic E-state index is 11.5. The van der Waals surface area contributed by atoms with Crippen LogP contribution in [0.3, 0.4) is 0 Å². The van der Waals surface area contributed by atoms with Crippen molar-refractivity contribution >= 4 is 5.91 Å². The third-order valence-electron chi connectivity index (χ3n) is 2.32.